The van der Waals surface area contributed by atoms with Crippen LogP contribution in [0, 0.1) is 5.92 Å². The lowest BCUT2D eigenvalue weighted by Gasteiger charge is -2.31. The number of carbonyl (C=O) groups is 2. The zero-order valence-electron chi connectivity index (χ0n) is 17.0. The van der Waals surface area contributed by atoms with E-state index in [0.29, 0.717) is 49.6 Å². The summed E-state index contributed by atoms with van der Waals surface area (Å²) in [5, 5.41) is 3.02. The van der Waals surface area contributed by atoms with E-state index in [0.717, 1.165) is 25.8 Å². The van der Waals surface area contributed by atoms with E-state index in [1.165, 1.54) is 0 Å². The van der Waals surface area contributed by atoms with Crippen LogP contribution in [-0.2, 0) is 4.79 Å². The molecule has 0 radical (unpaired) electrons. The number of methoxy groups -OCH3 is 1. The first-order valence-corrected chi connectivity index (χ1v) is 10.1. The number of likely N-dealkylation sites (tertiary alicyclic amines) is 1. The predicted octanol–water partition coefficient (Wildman–Crippen LogP) is 3.42. The molecule has 6 heteroatoms. The lowest BCUT2D eigenvalue weighted by molar-refractivity contribution is -0.126. The van der Waals surface area contributed by atoms with Gasteiger partial charge in [0.15, 0.2) is 11.5 Å². The molecule has 2 rings (SSSR count). The summed E-state index contributed by atoms with van der Waals surface area (Å²) in [5.41, 5.74) is 0.560. The lowest BCUT2D eigenvalue weighted by atomic mass is 9.95. The van der Waals surface area contributed by atoms with Crippen molar-refractivity contribution in [2.24, 2.45) is 5.92 Å². The van der Waals surface area contributed by atoms with Crippen LogP contribution in [0.4, 0.5) is 0 Å². The van der Waals surface area contributed by atoms with Crippen molar-refractivity contribution in [2.45, 2.75) is 39.0 Å². The van der Waals surface area contributed by atoms with Crippen molar-refractivity contribution in [3.8, 4) is 11.5 Å². The topological polar surface area (TPSA) is 67.9 Å². The highest BCUT2D eigenvalue weighted by atomic mass is 16.5. The van der Waals surface area contributed by atoms with Gasteiger partial charge in [0.1, 0.15) is 6.61 Å². The van der Waals surface area contributed by atoms with Gasteiger partial charge in [0.05, 0.1) is 7.11 Å². The molecule has 0 unspecified atom stereocenters. The molecule has 2 amide bonds. The van der Waals surface area contributed by atoms with Gasteiger partial charge in [-0.3, -0.25) is 9.59 Å². The second kappa shape index (κ2) is 11.4. The maximum Gasteiger partial charge on any atom is 0.253 e. The predicted molar refractivity (Wildman–Crippen MR) is 110 cm³/mol. The van der Waals surface area contributed by atoms with E-state index in [4.69, 9.17) is 9.47 Å². The number of carbonyl (C=O) groups excluding carboxylic acids is 2. The Morgan fingerprint density at radius 3 is 2.64 bits per heavy atom. The molecule has 1 aromatic rings. The van der Waals surface area contributed by atoms with Gasteiger partial charge in [-0.1, -0.05) is 32.4 Å². The number of nitrogens with one attached hydrogen (secondary N) is 1. The van der Waals surface area contributed by atoms with Crippen molar-refractivity contribution in [2.75, 3.05) is 33.4 Å². The Morgan fingerprint density at radius 2 is 2.00 bits per heavy atom. The number of rotatable bonds is 10. The van der Waals surface area contributed by atoms with Crippen molar-refractivity contribution in [3.63, 3.8) is 0 Å². The highest BCUT2D eigenvalue weighted by molar-refractivity contribution is 5.95. The van der Waals surface area contributed by atoms with Crippen LogP contribution < -0.4 is 14.8 Å². The first kappa shape index (κ1) is 21.8. The molecule has 0 bridgehead atoms. The Kier molecular flexibility index (Phi) is 8.85. The smallest absolute Gasteiger partial charge is 0.253 e. The highest BCUT2D eigenvalue weighted by Gasteiger charge is 2.28. The van der Waals surface area contributed by atoms with Gasteiger partial charge in [0.25, 0.3) is 5.91 Å². The van der Waals surface area contributed by atoms with Crippen LogP contribution >= 0.6 is 0 Å². The fourth-order valence-corrected chi connectivity index (χ4v) is 3.33. The number of ether oxygens (including phenoxy) is 2. The van der Waals surface area contributed by atoms with Crippen molar-refractivity contribution in [1.82, 2.24) is 10.2 Å². The van der Waals surface area contributed by atoms with E-state index in [2.05, 4.69) is 18.8 Å². The van der Waals surface area contributed by atoms with Gasteiger partial charge in [-0.2, -0.15) is 0 Å². The van der Waals surface area contributed by atoms with Gasteiger partial charge in [-0.05, 0) is 37.5 Å². The lowest BCUT2D eigenvalue weighted by Crippen LogP contribution is -2.43. The monoisotopic (exact) mass is 388 g/mol. The summed E-state index contributed by atoms with van der Waals surface area (Å²) in [5.74, 6) is 1.17. The average molecular weight is 389 g/mol. The first-order valence-electron chi connectivity index (χ1n) is 10.1. The standard InChI is InChI=1S/C22H32N2O4/c1-4-6-7-12-23-21(25)17-10-13-24(14-11-17)22(26)18-8-9-19(28-15-5-2)20(16-18)27-3/h5,8-9,16-17H,2,4,6-7,10-15H2,1,3H3,(H,23,25). The van der Waals surface area contributed by atoms with Crippen LogP contribution in [0.3, 0.4) is 0 Å². The van der Waals surface area contributed by atoms with Gasteiger partial charge in [-0.25, -0.2) is 0 Å². The summed E-state index contributed by atoms with van der Waals surface area (Å²) < 4.78 is 10.9. The minimum atomic E-state index is -0.0459. The van der Waals surface area contributed by atoms with Crippen molar-refractivity contribution in [1.29, 1.82) is 0 Å². The van der Waals surface area contributed by atoms with Gasteiger partial charge in [-0.15, -0.1) is 0 Å². The molecule has 1 fully saturated rings. The van der Waals surface area contributed by atoms with Gasteiger partial charge in [0.2, 0.25) is 5.91 Å². The highest BCUT2D eigenvalue weighted by Crippen LogP contribution is 2.29. The Balaban J connectivity index is 1.89. The zero-order chi connectivity index (χ0) is 20.4. The van der Waals surface area contributed by atoms with Gasteiger partial charge < -0.3 is 19.7 Å². The summed E-state index contributed by atoms with van der Waals surface area (Å²) in [6.45, 7) is 8.06. The summed E-state index contributed by atoms with van der Waals surface area (Å²) in [4.78, 5) is 26.9. The Morgan fingerprint density at radius 1 is 1.25 bits per heavy atom. The van der Waals surface area contributed by atoms with E-state index in [1.54, 1.807) is 36.3 Å². The minimum Gasteiger partial charge on any atom is -0.493 e. The van der Waals surface area contributed by atoms with E-state index in [-0.39, 0.29) is 17.7 Å². The van der Waals surface area contributed by atoms with Crippen molar-refractivity contribution >= 4 is 11.8 Å². The van der Waals surface area contributed by atoms with E-state index >= 15 is 0 Å². The second-order valence-corrected chi connectivity index (χ2v) is 7.03. The van der Waals surface area contributed by atoms with Crippen molar-refractivity contribution < 1.29 is 19.1 Å². The molecule has 1 aliphatic rings. The summed E-state index contributed by atoms with van der Waals surface area (Å²) in [6, 6.07) is 5.19. The van der Waals surface area contributed by atoms with Crippen LogP contribution in [0.15, 0.2) is 30.9 Å². The molecule has 154 valence electrons. The van der Waals surface area contributed by atoms with E-state index in [1.807, 2.05) is 0 Å². The third-order valence-electron chi connectivity index (χ3n) is 5.00. The number of hydrogen-bond acceptors (Lipinski definition) is 4. The van der Waals surface area contributed by atoms with E-state index < -0.39 is 0 Å². The zero-order valence-corrected chi connectivity index (χ0v) is 17.0. The molecule has 0 spiro atoms. The van der Waals surface area contributed by atoms with E-state index in [9.17, 15) is 9.59 Å². The molecule has 1 aliphatic heterocycles. The molecule has 0 saturated carbocycles. The molecule has 0 aliphatic carbocycles. The fourth-order valence-electron chi connectivity index (χ4n) is 3.33. The van der Waals surface area contributed by atoms with Gasteiger partial charge >= 0.3 is 0 Å². The molecule has 0 atom stereocenters. The molecule has 1 saturated heterocycles. The third-order valence-corrected chi connectivity index (χ3v) is 5.00. The maximum atomic E-state index is 12.8. The van der Waals surface area contributed by atoms with Crippen molar-refractivity contribution in [3.05, 3.63) is 36.4 Å². The molecule has 28 heavy (non-hydrogen) atoms. The second-order valence-electron chi connectivity index (χ2n) is 7.03. The molecule has 6 nitrogen and oxygen atoms in total. The molecule has 1 N–H and O–H groups in total. The number of hydrogen-bond donors (Lipinski definition) is 1. The summed E-state index contributed by atoms with van der Waals surface area (Å²) in [6.07, 6.45) is 6.35. The number of piperidine rings is 1. The molecule has 1 heterocycles. The quantitative estimate of drug-likeness (QED) is 0.493. The van der Waals surface area contributed by atoms with Crippen LogP contribution in [0.2, 0.25) is 0 Å². The van der Waals surface area contributed by atoms with Crippen LogP contribution in [0.25, 0.3) is 0 Å². The first-order chi connectivity index (χ1) is 13.6. The summed E-state index contributed by atoms with van der Waals surface area (Å²) in [7, 11) is 1.55. The Labute approximate surface area is 167 Å². The Hall–Kier alpha value is -2.50. The number of amides is 2. The van der Waals surface area contributed by atoms with Crippen LogP contribution in [0.5, 0.6) is 11.5 Å². The molecule has 1 aromatic carbocycles. The number of unbranched alkanes of at least 4 members (excludes halogenated alkanes) is 2. The Bertz CT molecular complexity index is 667. The molecular weight excluding hydrogens is 356 g/mol. The summed E-state index contributed by atoms with van der Waals surface area (Å²) >= 11 is 0. The van der Waals surface area contributed by atoms with Crippen LogP contribution in [-0.4, -0.2) is 50.1 Å². The normalized spacial score (nSPS) is 14.4. The SMILES string of the molecule is C=CCOc1ccc(C(=O)N2CCC(C(=O)NCCCCC)CC2)cc1OC. The third kappa shape index (κ3) is 6.01. The van der Waals surface area contributed by atoms with Gasteiger partial charge in [0, 0.05) is 31.1 Å². The fraction of sp³-hybridized carbons (Fsp3) is 0.545. The number of nitrogens with zero attached hydrogens (tertiary/aromatic N) is 1. The average Bonchev–Trinajstić information content (AvgIpc) is 2.74. The van der Waals surface area contributed by atoms with Crippen LogP contribution in [0.1, 0.15) is 49.4 Å². The largest absolute Gasteiger partial charge is 0.493 e. The molecule has 0 aromatic heterocycles. The molecular formula is C22H32N2O4. The number of benzene rings is 1. The maximum absolute atomic E-state index is 12.8. The minimum absolute atomic E-state index is 0.00473.